The van der Waals surface area contributed by atoms with Crippen molar-refractivity contribution in [1.29, 1.82) is 0 Å². The SMILES string of the molecule is CC1OC(O)C(OC(=O)c2ccccc2)CC1O[Si](c1ccccc1)(c1ccccc1)C(C)(C)C. The van der Waals surface area contributed by atoms with Gasteiger partial charge >= 0.3 is 5.97 Å². The van der Waals surface area contributed by atoms with Crippen molar-refractivity contribution >= 4 is 24.7 Å². The van der Waals surface area contributed by atoms with Crippen LogP contribution in [0.2, 0.25) is 5.04 Å². The van der Waals surface area contributed by atoms with Crippen LogP contribution in [0.25, 0.3) is 0 Å². The highest BCUT2D eigenvalue weighted by Crippen LogP contribution is 2.39. The van der Waals surface area contributed by atoms with Crippen LogP contribution in [0.15, 0.2) is 91.0 Å². The molecule has 0 amide bonds. The standard InChI is InChI=1S/C29H34O5Si/c1-21-25(20-26(28(31)32-21)33-27(30)22-14-8-5-9-15-22)34-35(29(2,3)4,23-16-10-6-11-17-23)24-18-12-7-13-19-24/h5-19,21,25-26,28,31H,20H2,1-4H3. The summed E-state index contributed by atoms with van der Waals surface area (Å²) in [6.07, 6.45) is -2.46. The van der Waals surface area contributed by atoms with Crippen molar-refractivity contribution in [2.24, 2.45) is 0 Å². The van der Waals surface area contributed by atoms with Crippen LogP contribution in [0.4, 0.5) is 0 Å². The molecule has 35 heavy (non-hydrogen) atoms. The second-order valence-electron chi connectivity index (χ2n) is 10.1. The van der Waals surface area contributed by atoms with Crippen LogP contribution >= 0.6 is 0 Å². The Hall–Kier alpha value is -2.77. The molecule has 1 fully saturated rings. The van der Waals surface area contributed by atoms with Crippen molar-refractivity contribution in [3.8, 4) is 0 Å². The first kappa shape index (κ1) is 25.3. The molecule has 0 aliphatic carbocycles. The first-order chi connectivity index (χ1) is 16.7. The number of hydrogen-bond donors (Lipinski definition) is 1. The van der Waals surface area contributed by atoms with Crippen LogP contribution < -0.4 is 10.4 Å². The first-order valence-electron chi connectivity index (χ1n) is 12.1. The Balaban J connectivity index is 1.68. The minimum absolute atomic E-state index is 0.207. The molecule has 4 rings (SSSR count). The van der Waals surface area contributed by atoms with Gasteiger partial charge in [0.05, 0.1) is 17.8 Å². The summed E-state index contributed by atoms with van der Waals surface area (Å²) in [5.41, 5.74) is 0.433. The Kier molecular flexibility index (Phi) is 7.57. The lowest BCUT2D eigenvalue weighted by atomic mass is 10.0. The van der Waals surface area contributed by atoms with Crippen LogP contribution in [0.1, 0.15) is 44.5 Å². The fourth-order valence-electron chi connectivity index (χ4n) is 4.88. The van der Waals surface area contributed by atoms with Gasteiger partial charge in [-0.05, 0) is 34.5 Å². The fourth-order valence-corrected chi connectivity index (χ4v) is 9.64. The summed E-state index contributed by atoms with van der Waals surface area (Å²) in [5, 5.41) is 12.7. The average Bonchev–Trinajstić information content (AvgIpc) is 2.86. The zero-order chi connectivity index (χ0) is 25.1. The Labute approximate surface area is 208 Å². The summed E-state index contributed by atoms with van der Waals surface area (Å²) in [6, 6.07) is 29.5. The molecule has 4 unspecified atom stereocenters. The zero-order valence-corrected chi connectivity index (χ0v) is 21.8. The fraction of sp³-hybridized carbons (Fsp3) is 0.345. The molecule has 0 bridgehead atoms. The lowest BCUT2D eigenvalue weighted by Crippen LogP contribution is -2.69. The number of esters is 1. The molecule has 3 aromatic carbocycles. The number of ether oxygens (including phenoxy) is 2. The van der Waals surface area contributed by atoms with Gasteiger partial charge in [-0.15, -0.1) is 0 Å². The number of hydrogen-bond acceptors (Lipinski definition) is 5. The second-order valence-corrected chi connectivity index (χ2v) is 14.3. The molecule has 4 atom stereocenters. The van der Waals surface area contributed by atoms with E-state index < -0.39 is 26.7 Å². The number of aliphatic hydroxyl groups excluding tert-OH is 1. The van der Waals surface area contributed by atoms with Gasteiger partial charge in [0, 0.05) is 6.42 Å². The molecule has 1 aliphatic rings. The molecular weight excluding hydrogens is 456 g/mol. The summed E-state index contributed by atoms with van der Waals surface area (Å²) >= 11 is 0. The zero-order valence-electron chi connectivity index (χ0n) is 20.8. The Morgan fingerprint density at radius 3 is 1.83 bits per heavy atom. The van der Waals surface area contributed by atoms with Crippen molar-refractivity contribution < 1.29 is 23.8 Å². The monoisotopic (exact) mass is 490 g/mol. The van der Waals surface area contributed by atoms with E-state index in [1.807, 2.05) is 49.4 Å². The Bertz CT molecular complexity index is 1060. The Morgan fingerprint density at radius 1 is 0.857 bits per heavy atom. The van der Waals surface area contributed by atoms with Crippen molar-refractivity contribution in [2.45, 2.75) is 63.8 Å². The molecule has 0 spiro atoms. The molecule has 0 radical (unpaired) electrons. The summed E-state index contributed by atoms with van der Waals surface area (Å²) in [4.78, 5) is 12.7. The topological polar surface area (TPSA) is 65.0 Å². The van der Waals surface area contributed by atoms with Gasteiger partial charge in [0.2, 0.25) is 0 Å². The Morgan fingerprint density at radius 2 is 1.34 bits per heavy atom. The molecule has 1 N–H and O–H groups in total. The van der Waals surface area contributed by atoms with Crippen molar-refractivity contribution in [1.82, 2.24) is 0 Å². The van der Waals surface area contributed by atoms with Crippen LogP contribution in [0, 0.1) is 0 Å². The van der Waals surface area contributed by atoms with Gasteiger partial charge in [0.25, 0.3) is 8.32 Å². The average molecular weight is 491 g/mol. The molecule has 1 saturated heterocycles. The predicted octanol–water partition coefficient (Wildman–Crippen LogP) is 4.28. The lowest BCUT2D eigenvalue weighted by Gasteiger charge is -2.48. The number of carbonyl (C=O) groups excluding carboxylic acids is 1. The van der Waals surface area contributed by atoms with Crippen molar-refractivity contribution in [2.75, 3.05) is 0 Å². The molecule has 0 aromatic heterocycles. The smallest absolute Gasteiger partial charge is 0.338 e. The van der Waals surface area contributed by atoms with E-state index in [9.17, 15) is 9.90 Å². The van der Waals surface area contributed by atoms with Crippen LogP contribution in [-0.2, 0) is 13.9 Å². The van der Waals surface area contributed by atoms with Gasteiger partial charge in [-0.25, -0.2) is 4.79 Å². The van der Waals surface area contributed by atoms with E-state index in [4.69, 9.17) is 13.9 Å². The van der Waals surface area contributed by atoms with E-state index in [1.54, 1.807) is 24.3 Å². The van der Waals surface area contributed by atoms with E-state index in [0.717, 1.165) is 10.4 Å². The third kappa shape index (κ3) is 5.26. The van der Waals surface area contributed by atoms with Gasteiger partial charge < -0.3 is 19.0 Å². The van der Waals surface area contributed by atoms with Gasteiger partial charge in [-0.1, -0.05) is 99.6 Å². The maximum Gasteiger partial charge on any atom is 0.338 e. The predicted molar refractivity (Wildman–Crippen MR) is 139 cm³/mol. The first-order valence-corrected chi connectivity index (χ1v) is 14.0. The summed E-state index contributed by atoms with van der Waals surface area (Å²) in [5.74, 6) is -0.489. The van der Waals surface area contributed by atoms with E-state index >= 15 is 0 Å². The van der Waals surface area contributed by atoms with Gasteiger partial charge in [0.1, 0.15) is 0 Å². The molecule has 0 saturated carbocycles. The number of benzene rings is 3. The van der Waals surface area contributed by atoms with E-state index in [0.29, 0.717) is 12.0 Å². The third-order valence-electron chi connectivity index (χ3n) is 6.67. The summed E-state index contributed by atoms with van der Waals surface area (Å²) in [6.45, 7) is 8.56. The molecule has 1 heterocycles. The van der Waals surface area contributed by atoms with E-state index in [2.05, 4.69) is 45.0 Å². The van der Waals surface area contributed by atoms with Gasteiger partial charge in [-0.3, -0.25) is 0 Å². The van der Waals surface area contributed by atoms with Crippen molar-refractivity contribution in [3.05, 3.63) is 96.6 Å². The second kappa shape index (κ2) is 10.5. The summed E-state index contributed by atoms with van der Waals surface area (Å²) in [7, 11) is -2.84. The van der Waals surface area contributed by atoms with Crippen LogP contribution in [0.3, 0.4) is 0 Å². The molecule has 3 aromatic rings. The van der Waals surface area contributed by atoms with Crippen molar-refractivity contribution in [3.63, 3.8) is 0 Å². The van der Waals surface area contributed by atoms with Crippen LogP contribution in [-0.4, -0.2) is 44.0 Å². The molecular formula is C29H34O5Si. The van der Waals surface area contributed by atoms with Gasteiger partial charge in [-0.2, -0.15) is 0 Å². The maximum absolute atomic E-state index is 12.7. The summed E-state index contributed by atoms with van der Waals surface area (Å²) < 4.78 is 18.8. The van der Waals surface area contributed by atoms with Crippen LogP contribution in [0.5, 0.6) is 0 Å². The highest BCUT2D eigenvalue weighted by molar-refractivity contribution is 6.99. The third-order valence-corrected chi connectivity index (χ3v) is 11.7. The molecule has 6 heteroatoms. The minimum atomic E-state index is -2.84. The highest BCUT2D eigenvalue weighted by atomic mass is 28.4. The number of aliphatic hydroxyl groups is 1. The van der Waals surface area contributed by atoms with Gasteiger partial charge in [0.15, 0.2) is 12.4 Å². The molecule has 184 valence electrons. The molecule has 5 nitrogen and oxygen atoms in total. The maximum atomic E-state index is 12.7. The molecule has 1 aliphatic heterocycles. The van der Waals surface area contributed by atoms with E-state index in [-0.39, 0.29) is 17.2 Å². The largest absolute Gasteiger partial charge is 0.453 e. The number of carbonyl (C=O) groups is 1. The lowest BCUT2D eigenvalue weighted by molar-refractivity contribution is -0.237. The highest BCUT2D eigenvalue weighted by Gasteiger charge is 2.53. The number of rotatable bonds is 6. The van der Waals surface area contributed by atoms with E-state index in [1.165, 1.54) is 0 Å². The normalized spacial score (nSPS) is 23.0. The minimum Gasteiger partial charge on any atom is -0.453 e. The quantitative estimate of drug-likeness (QED) is 0.413.